The Balaban J connectivity index is 1.60. The van der Waals surface area contributed by atoms with Crippen LogP contribution in [-0.2, 0) is 22.4 Å². The number of hydrogen-bond acceptors (Lipinski definition) is 6. The van der Waals surface area contributed by atoms with E-state index in [0.29, 0.717) is 16.9 Å². The lowest BCUT2D eigenvalue weighted by Crippen LogP contribution is -2.21. The van der Waals surface area contributed by atoms with Crippen LogP contribution in [-0.4, -0.2) is 23.4 Å². The average molecular weight is 392 g/mol. The standard InChI is InChI=1S/C18H17FN2O5S/c1-10-2-5-15-11(6-10)7-16(27-15)18(23)26-9-17(22)20-13-4-3-12(19)8-14(13)21(24)25/h3-4,7-8,10H,2,5-6,9H2,1H3,(H,20,22). The maximum Gasteiger partial charge on any atom is 0.348 e. The number of thiophene rings is 1. The van der Waals surface area contributed by atoms with Gasteiger partial charge in [0.05, 0.1) is 11.0 Å². The molecule has 1 aromatic carbocycles. The van der Waals surface area contributed by atoms with E-state index < -0.39 is 34.9 Å². The lowest BCUT2D eigenvalue weighted by molar-refractivity contribution is -0.384. The number of amides is 1. The number of carbonyl (C=O) groups excluding carboxylic acids is 2. The third kappa shape index (κ3) is 4.48. The first kappa shape index (κ1) is 19.0. The van der Waals surface area contributed by atoms with Crippen LogP contribution in [0.5, 0.6) is 0 Å². The van der Waals surface area contributed by atoms with E-state index in [0.717, 1.165) is 37.0 Å². The summed E-state index contributed by atoms with van der Waals surface area (Å²) in [5.74, 6) is -1.56. The van der Waals surface area contributed by atoms with Crippen LogP contribution in [0, 0.1) is 21.8 Å². The molecule has 9 heteroatoms. The molecule has 7 nitrogen and oxygen atoms in total. The van der Waals surface area contributed by atoms with Gasteiger partial charge in [-0.1, -0.05) is 6.92 Å². The summed E-state index contributed by atoms with van der Waals surface area (Å²) >= 11 is 1.37. The molecule has 142 valence electrons. The minimum atomic E-state index is -0.804. The van der Waals surface area contributed by atoms with E-state index in [1.807, 2.05) is 0 Å². The molecule has 0 fully saturated rings. The Labute approximate surface area is 158 Å². The van der Waals surface area contributed by atoms with Gasteiger partial charge in [-0.2, -0.15) is 0 Å². The minimum Gasteiger partial charge on any atom is -0.451 e. The molecule has 1 unspecified atom stereocenters. The van der Waals surface area contributed by atoms with Gasteiger partial charge in [0.25, 0.3) is 11.6 Å². The molecule has 3 rings (SSSR count). The number of ether oxygens (including phenoxy) is 1. The van der Waals surface area contributed by atoms with Crippen LogP contribution in [0.3, 0.4) is 0 Å². The van der Waals surface area contributed by atoms with E-state index in [1.54, 1.807) is 6.07 Å². The number of benzene rings is 1. The Kier molecular flexibility index (Phi) is 5.50. The van der Waals surface area contributed by atoms with Crippen molar-refractivity contribution in [3.8, 4) is 0 Å². The summed E-state index contributed by atoms with van der Waals surface area (Å²) in [6.07, 6.45) is 2.94. The number of anilines is 1. The molecular formula is C18H17FN2O5S. The van der Waals surface area contributed by atoms with Gasteiger partial charge < -0.3 is 10.1 Å². The first-order valence-electron chi connectivity index (χ1n) is 8.36. The van der Waals surface area contributed by atoms with Crippen molar-refractivity contribution in [3.05, 3.63) is 55.5 Å². The SMILES string of the molecule is CC1CCc2sc(C(=O)OCC(=O)Nc3ccc(F)cc3[N+](=O)[O-])cc2C1. The van der Waals surface area contributed by atoms with Crippen molar-refractivity contribution in [2.75, 3.05) is 11.9 Å². The first-order chi connectivity index (χ1) is 12.8. The molecule has 0 radical (unpaired) electrons. The molecule has 1 N–H and O–H groups in total. The third-order valence-electron chi connectivity index (χ3n) is 4.30. The topological polar surface area (TPSA) is 98.5 Å². The quantitative estimate of drug-likeness (QED) is 0.475. The predicted molar refractivity (Wildman–Crippen MR) is 97.5 cm³/mol. The molecule has 0 spiro atoms. The minimum absolute atomic E-state index is 0.164. The number of nitro benzene ring substituents is 1. The molecule has 0 saturated heterocycles. The number of rotatable bonds is 5. The molecule has 1 heterocycles. The van der Waals surface area contributed by atoms with Crippen LogP contribution in [0.2, 0.25) is 0 Å². The van der Waals surface area contributed by atoms with Gasteiger partial charge in [0.2, 0.25) is 0 Å². The number of fused-ring (bicyclic) bond motifs is 1. The Morgan fingerprint density at radius 2 is 2.19 bits per heavy atom. The summed E-state index contributed by atoms with van der Waals surface area (Å²) in [7, 11) is 0. The lowest BCUT2D eigenvalue weighted by atomic mass is 9.90. The molecule has 1 aromatic heterocycles. The van der Waals surface area contributed by atoms with Crippen molar-refractivity contribution in [3.63, 3.8) is 0 Å². The monoisotopic (exact) mass is 392 g/mol. The highest BCUT2D eigenvalue weighted by molar-refractivity contribution is 7.14. The molecule has 27 heavy (non-hydrogen) atoms. The molecule has 1 atom stereocenters. The van der Waals surface area contributed by atoms with Gasteiger partial charge in [0.1, 0.15) is 16.4 Å². The number of aryl methyl sites for hydroxylation is 1. The summed E-state index contributed by atoms with van der Waals surface area (Å²) in [5.41, 5.74) is 0.412. The fourth-order valence-corrected chi connectivity index (χ4v) is 4.06. The Bertz CT molecular complexity index is 911. The van der Waals surface area contributed by atoms with Gasteiger partial charge in [-0.15, -0.1) is 11.3 Å². The zero-order valence-corrected chi connectivity index (χ0v) is 15.3. The number of nitrogens with one attached hydrogen (secondary N) is 1. The second kappa shape index (κ2) is 7.83. The van der Waals surface area contributed by atoms with Crippen LogP contribution in [0.1, 0.15) is 33.5 Å². The molecule has 1 amide bonds. The third-order valence-corrected chi connectivity index (χ3v) is 5.51. The number of halogens is 1. The summed E-state index contributed by atoms with van der Waals surface area (Å²) in [6.45, 7) is 1.57. The molecular weight excluding hydrogens is 375 g/mol. The van der Waals surface area contributed by atoms with Crippen LogP contribution in [0.15, 0.2) is 24.3 Å². The van der Waals surface area contributed by atoms with Crippen LogP contribution >= 0.6 is 11.3 Å². The number of nitrogens with zero attached hydrogens (tertiary/aromatic N) is 1. The smallest absolute Gasteiger partial charge is 0.348 e. The average Bonchev–Trinajstić information content (AvgIpc) is 3.04. The summed E-state index contributed by atoms with van der Waals surface area (Å²) in [4.78, 5) is 35.9. The summed E-state index contributed by atoms with van der Waals surface area (Å²) in [5, 5.41) is 13.2. The maximum atomic E-state index is 13.1. The highest BCUT2D eigenvalue weighted by Gasteiger charge is 2.22. The number of nitro groups is 1. The largest absolute Gasteiger partial charge is 0.451 e. The van der Waals surface area contributed by atoms with Crippen LogP contribution < -0.4 is 5.32 Å². The predicted octanol–water partition coefficient (Wildman–Crippen LogP) is 3.72. The summed E-state index contributed by atoms with van der Waals surface area (Å²) in [6, 6.07) is 4.59. The van der Waals surface area contributed by atoms with E-state index in [9.17, 15) is 24.1 Å². The van der Waals surface area contributed by atoms with Gasteiger partial charge >= 0.3 is 5.97 Å². The van der Waals surface area contributed by atoms with E-state index >= 15 is 0 Å². The Morgan fingerprint density at radius 1 is 1.41 bits per heavy atom. The Morgan fingerprint density at radius 3 is 2.93 bits per heavy atom. The second-order valence-corrected chi connectivity index (χ2v) is 7.59. The Hall–Kier alpha value is -2.81. The normalized spacial score (nSPS) is 15.7. The maximum absolute atomic E-state index is 13.1. The van der Waals surface area contributed by atoms with Gasteiger partial charge in [0.15, 0.2) is 6.61 Å². The van der Waals surface area contributed by atoms with Crippen molar-refractivity contribution >= 4 is 34.6 Å². The van der Waals surface area contributed by atoms with Crippen molar-refractivity contribution in [1.29, 1.82) is 0 Å². The number of hydrogen-bond donors (Lipinski definition) is 1. The fourth-order valence-electron chi connectivity index (χ4n) is 2.96. The van der Waals surface area contributed by atoms with Gasteiger partial charge in [0, 0.05) is 4.88 Å². The van der Waals surface area contributed by atoms with E-state index in [2.05, 4.69) is 12.2 Å². The molecule has 0 bridgehead atoms. The lowest BCUT2D eigenvalue weighted by Gasteiger charge is -2.16. The molecule has 1 aliphatic carbocycles. The molecule has 0 saturated carbocycles. The fraction of sp³-hybridized carbons (Fsp3) is 0.333. The van der Waals surface area contributed by atoms with Crippen LogP contribution in [0.4, 0.5) is 15.8 Å². The molecule has 1 aliphatic rings. The van der Waals surface area contributed by atoms with Gasteiger partial charge in [-0.25, -0.2) is 9.18 Å². The number of carbonyl (C=O) groups is 2. The van der Waals surface area contributed by atoms with E-state index in [1.165, 1.54) is 16.2 Å². The zero-order valence-electron chi connectivity index (χ0n) is 14.5. The molecule has 0 aliphatic heterocycles. The van der Waals surface area contributed by atoms with E-state index in [4.69, 9.17) is 4.74 Å². The summed E-state index contributed by atoms with van der Waals surface area (Å²) < 4.78 is 18.1. The van der Waals surface area contributed by atoms with Crippen molar-refractivity contribution in [1.82, 2.24) is 0 Å². The van der Waals surface area contributed by atoms with Gasteiger partial charge in [-0.3, -0.25) is 14.9 Å². The highest BCUT2D eigenvalue weighted by atomic mass is 32.1. The van der Waals surface area contributed by atoms with Crippen LogP contribution in [0.25, 0.3) is 0 Å². The highest BCUT2D eigenvalue weighted by Crippen LogP contribution is 2.32. The first-order valence-corrected chi connectivity index (χ1v) is 9.17. The number of esters is 1. The van der Waals surface area contributed by atoms with Crippen molar-refractivity contribution < 1.29 is 23.6 Å². The molecule has 2 aromatic rings. The van der Waals surface area contributed by atoms with Crippen molar-refractivity contribution in [2.45, 2.75) is 26.2 Å². The van der Waals surface area contributed by atoms with E-state index in [-0.39, 0.29) is 5.69 Å². The van der Waals surface area contributed by atoms with Gasteiger partial charge in [-0.05, 0) is 48.9 Å². The second-order valence-electron chi connectivity index (χ2n) is 6.45. The zero-order chi connectivity index (χ0) is 19.6. The van der Waals surface area contributed by atoms with Crippen molar-refractivity contribution in [2.24, 2.45) is 5.92 Å².